The van der Waals surface area contributed by atoms with Crippen molar-refractivity contribution in [2.45, 2.75) is 57.8 Å². The largest absolute Gasteiger partial charge is 0.351 e. The Balaban J connectivity index is 1.81. The van der Waals surface area contributed by atoms with Crippen molar-refractivity contribution in [3.8, 4) is 0 Å². The highest BCUT2D eigenvalue weighted by molar-refractivity contribution is 4.93. The molecule has 0 aromatic carbocycles. The van der Waals surface area contributed by atoms with Crippen LogP contribution in [0, 0.1) is 6.92 Å². The molecule has 1 aromatic heterocycles. The van der Waals surface area contributed by atoms with Gasteiger partial charge in [0.15, 0.2) is 0 Å². The number of aromatic amines is 1. The van der Waals surface area contributed by atoms with Gasteiger partial charge in [-0.2, -0.15) is 0 Å². The number of hydrogen-bond acceptors (Lipinski definition) is 1. The van der Waals surface area contributed by atoms with Crippen LogP contribution in [0.4, 0.5) is 0 Å². The van der Waals surface area contributed by atoms with E-state index in [-0.39, 0.29) is 0 Å². The molecular formula is C13H23N2. The molecule has 0 bridgehead atoms. The van der Waals surface area contributed by atoms with Gasteiger partial charge in [0.25, 0.3) is 0 Å². The monoisotopic (exact) mass is 207 g/mol. The smallest absolute Gasteiger partial charge is 0.0923 e. The first kappa shape index (κ1) is 12.3. The fourth-order valence-electron chi connectivity index (χ4n) is 1.79. The molecule has 0 amide bonds. The van der Waals surface area contributed by atoms with E-state index in [2.05, 4.69) is 16.9 Å². The molecule has 0 unspecified atom stereocenters. The summed E-state index contributed by atoms with van der Waals surface area (Å²) in [6, 6.07) is 0. The van der Waals surface area contributed by atoms with Crippen LogP contribution in [-0.2, 0) is 6.42 Å². The first-order valence-corrected chi connectivity index (χ1v) is 6.20. The second-order valence-electron chi connectivity index (χ2n) is 4.14. The minimum absolute atomic E-state index is 1.10. The molecule has 0 atom stereocenters. The van der Waals surface area contributed by atoms with Gasteiger partial charge in [0.2, 0.25) is 0 Å². The highest BCUT2D eigenvalue weighted by atomic mass is 14.9. The van der Waals surface area contributed by atoms with Crippen LogP contribution in [0.1, 0.15) is 57.1 Å². The third-order valence-electron chi connectivity index (χ3n) is 2.74. The minimum Gasteiger partial charge on any atom is -0.351 e. The predicted octanol–water partition coefficient (Wildman–Crippen LogP) is 3.91. The quantitative estimate of drug-likeness (QED) is 0.611. The molecule has 0 aliphatic rings. The first-order valence-electron chi connectivity index (χ1n) is 6.20. The van der Waals surface area contributed by atoms with Gasteiger partial charge in [0.1, 0.15) is 0 Å². The van der Waals surface area contributed by atoms with Gasteiger partial charge >= 0.3 is 0 Å². The van der Waals surface area contributed by atoms with Gasteiger partial charge in [-0.3, -0.25) is 0 Å². The summed E-state index contributed by atoms with van der Waals surface area (Å²) in [6.07, 6.45) is 15.4. The Kier molecular flexibility index (Phi) is 6.97. The van der Waals surface area contributed by atoms with Crippen molar-refractivity contribution >= 4 is 0 Å². The van der Waals surface area contributed by atoms with Gasteiger partial charge in [-0.05, 0) is 12.8 Å². The molecule has 85 valence electrons. The average Bonchev–Trinajstić information content (AvgIpc) is 2.75. The Morgan fingerprint density at radius 2 is 1.67 bits per heavy atom. The van der Waals surface area contributed by atoms with Crippen LogP contribution < -0.4 is 0 Å². The maximum absolute atomic E-state index is 4.21. The molecule has 0 saturated carbocycles. The van der Waals surface area contributed by atoms with E-state index in [0.29, 0.717) is 0 Å². The zero-order valence-corrected chi connectivity index (χ0v) is 9.67. The van der Waals surface area contributed by atoms with Crippen LogP contribution in [0.5, 0.6) is 0 Å². The van der Waals surface area contributed by atoms with Crippen molar-refractivity contribution in [3.63, 3.8) is 0 Å². The maximum Gasteiger partial charge on any atom is 0.0923 e. The number of rotatable bonds is 9. The fourth-order valence-corrected chi connectivity index (χ4v) is 1.79. The molecule has 1 rings (SSSR count). The SMILES string of the molecule is [CH2]CCCCCCCCCc1c[nH]cn1. The van der Waals surface area contributed by atoms with E-state index in [9.17, 15) is 0 Å². The van der Waals surface area contributed by atoms with Crippen LogP contribution in [0.25, 0.3) is 0 Å². The van der Waals surface area contributed by atoms with Crippen LogP contribution in [-0.4, -0.2) is 9.97 Å². The van der Waals surface area contributed by atoms with E-state index >= 15 is 0 Å². The highest BCUT2D eigenvalue weighted by Gasteiger charge is 1.95. The summed E-state index contributed by atoms with van der Waals surface area (Å²) in [5, 5.41) is 0. The average molecular weight is 207 g/mol. The summed E-state index contributed by atoms with van der Waals surface area (Å²) in [6.45, 7) is 3.85. The van der Waals surface area contributed by atoms with Crippen molar-refractivity contribution < 1.29 is 0 Å². The molecule has 15 heavy (non-hydrogen) atoms. The molecule has 2 heteroatoms. The summed E-state index contributed by atoms with van der Waals surface area (Å²) in [5.74, 6) is 0. The van der Waals surface area contributed by atoms with Crippen LogP contribution >= 0.6 is 0 Å². The van der Waals surface area contributed by atoms with Crippen molar-refractivity contribution in [1.82, 2.24) is 9.97 Å². The minimum atomic E-state index is 1.10. The lowest BCUT2D eigenvalue weighted by atomic mass is 10.1. The van der Waals surface area contributed by atoms with E-state index in [0.717, 1.165) is 12.8 Å². The lowest BCUT2D eigenvalue weighted by molar-refractivity contribution is 0.579. The summed E-state index contributed by atoms with van der Waals surface area (Å²) in [5.41, 5.74) is 1.20. The van der Waals surface area contributed by atoms with E-state index in [1.54, 1.807) is 6.33 Å². The molecule has 0 fully saturated rings. The van der Waals surface area contributed by atoms with E-state index in [1.807, 2.05) is 6.20 Å². The van der Waals surface area contributed by atoms with E-state index < -0.39 is 0 Å². The van der Waals surface area contributed by atoms with Crippen molar-refractivity contribution in [2.75, 3.05) is 0 Å². The second-order valence-corrected chi connectivity index (χ2v) is 4.14. The number of aryl methyl sites for hydroxylation is 1. The second kappa shape index (κ2) is 8.51. The number of unbranched alkanes of at least 4 members (excludes halogenated alkanes) is 7. The topological polar surface area (TPSA) is 28.7 Å². The molecule has 1 radical (unpaired) electrons. The fraction of sp³-hybridized carbons (Fsp3) is 0.692. The number of hydrogen-bond donors (Lipinski definition) is 1. The number of aromatic nitrogens is 2. The van der Waals surface area contributed by atoms with Gasteiger partial charge in [0, 0.05) is 6.20 Å². The number of nitrogens with one attached hydrogen (secondary N) is 1. The van der Waals surface area contributed by atoms with Gasteiger partial charge in [0.05, 0.1) is 12.0 Å². The lowest BCUT2D eigenvalue weighted by Crippen LogP contribution is -1.86. The third-order valence-corrected chi connectivity index (χ3v) is 2.74. The Labute approximate surface area is 93.5 Å². The summed E-state index contributed by atoms with van der Waals surface area (Å²) in [4.78, 5) is 7.20. The van der Waals surface area contributed by atoms with Gasteiger partial charge in [-0.25, -0.2) is 4.98 Å². The van der Waals surface area contributed by atoms with Crippen molar-refractivity contribution in [3.05, 3.63) is 25.1 Å². The van der Waals surface area contributed by atoms with Gasteiger partial charge in [-0.1, -0.05) is 51.9 Å². The summed E-state index contributed by atoms with van der Waals surface area (Å²) >= 11 is 0. The molecule has 1 aromatic rings. The first-order chi connectivity index (χ1) is 7.43. The molecule has 0 aliphatic carbocycles. The van der Waals surface area contributed by atoms with Crippen LogP contribution in [0.3, 0.4) is 0 Å². The molecule has 0 spiro atoms. The molecule has 1 heterocycles. The van der Waals surface area contributed by atoms with E-state index in [1.165, 1.54) is 50.6 Å². The number of imidazole rings is 1. The highest BCUT2D eigenvalue weighted by Crippen LogP contribution is 2.09. The lowest BCUT2D eigenvalue weighted by Gasteiger charge is -2.00. The molecule has 1 N–H and O–H groups in total. The van der Waals surface area contributed by atoms with Crippen LogP contribution in [0.15, 0.2) is 12.5 Å². The molecule has 2 nitrogen and oxygen atoms in total. The Morgan fingerprint density at radius 3 is 2.27 bits per heavy atom. The molecular weight excluding hydrogens is 184 g/mol. The van der Waals surface area contributed by atoms with Crippen molar-refractivity contribution in [2.24, 2.45) is 0 Å². The van der Waals surface area contributed by atoms with Crippen LogP contribution in [0.2, 0.25) is 0 Å². The molecule has 0 aliphatic heterocycles. The summed E-state index contributed by atoms with van der Waals surface area (Å²) < 4.78 is 0. The van der Waals surface area contributed by atoms with E-state index in [4.69, 9.17) is 0 Å². The maximum atomic E-state index is 4.21. The normalized spacial score (nSPS) is 10.7. The Hall–Kier alpha value is -0.790. The Morgan fingerprint density at radius 1 is 1.00 bits per heavy atom. The van der Waals surface area contributed by atoms with Gasteiger partial charge in [-0.15, -0.1) is 0 Å². The molecule has 0 saturated heterocycles. The van der Waals surface area contributed by atoms with Crippen molar-refractivity contribution in [1.29, 1.82) is 0 Å². The third kappa shape index (κ3) is 6.32. The van der Waals surface area contributed by atoms with Gasteiger partial charge < -0.3 is 4.98 Å². The zero-order chi connectivity index (χ0) is 10.8. The summed E-state index contributed by atoms with van der Waals surface area (Å²) in [7, 11) is 0. The Bertz CT molecular complexity index is 216. The number of H-pyrrole nitrogens is 1. The zero-order valence-electron chi connectivity index (χ0n) is 9.67. The standard InChI is InChI=1S/C13H23N2/c1-2-3-4-5-6-7-8-9-10-13-11-14-12-15-13/h11-12H,1-10H2,(H,14,15). The number of nitrogens with zero attached hydrogens (tertiary/aromatic N) is 1. The predicted molar refractivity (Wildman–Crippen MR) is 64.6 cm³/mol.